The lowest BCUT2D eigenvalue weighted by Gasteiger charge is -2.19. The van der Waals surface area contributed by atoms with Crippen molar-refractivity contribution in [2.45, 2.75) is 6.54 Å². The first-order chi connectivity index (χ1) is 13.5. The molecule has 0 N–H and O–H groups in total. The summed E-state index contributed by atoms with van der Waals surface area (Å²) in [4.78, 5) is 23.4. The van der Waals surface area contributed by atoms with Gasteiger partial charge in [0.25, 0.3) is 5.91 Å². The highest BCUT2D eigenvalue weighted by molar-refractivity contribution is 9.10. The number of halogens is 3. The Morgan fingerprint density at radius 1 is 1.07 bits per heavy atom. The zero-order chi connectivity index (χ0) is 19.7. The molecule has 1 amide bonds. The van der Waals surface area contributed by atoms with Gasteiger partial charge < -0.3 is 0 Å². The lowest BCUT2D eigenvalue weighted by atomic mass is 10.2. The topological polar surface area (TPSA) is 46.1 Å². The molecular weight excluding hydrogens is 448 g/mol. The van der Waals surface area contributed by atoms with E-state index in [4.69, 9.17) is 0 Å². The van der Waals surface area contributed by atoms with Gasteiger partial charge in [-0.3, -0.25) is 14.7 Å². The van der Waals surface area contributed by atoms with Gasteiger partial charge in [0.05, 0.1) is 22.5 Å². The lowest BCUT2D eigenvalue weighted by Crippen LogP contribution is -2.30. The van der Waals surface area contributed by atoms with Crippen molar-refractivity contribution >= 4 is 48.5 Å². The predicted octanol–water partition coefficient (Wildman–Crippen LogP) is 5.58. The average Bonchev–Trinajstić information content (AvgIpc) is 3.11. The van der Waals surface area contributed by atoms with Gasteiger partial charge in [-0.15, -0.1) is 0 Å². The molecule has 2 aromatic heterocycles. The van der Waals surface area contributed by atoms with Crippen molar-refractivity contribution in [1.82, 2.24) is 9.97 Å². The maximum Gasteiger partial charge on any atom is 0.260 e. The van der Waals surface area contributed by atoms with Crippen molar-refractivity contribution in [2.75, 3.05) is 4.90 Å². The van der Waals surface area contributed by atoms with Crippen LogP contribution < -0.4 is 4.90 Å². The second-order valence-electron chi connectivity index (χ2n) is 5.95. The van der Waals surface area contributed by atoms with E-state index in [-0.39, 0.29) is 12.1 Å². The number of rotatable bonds is 4. The minimum absolute atomic E-state index is 0.0373. The molecule has 8 heteroatoms. The van der Waals surface area contributed by atoms with Gasteiger partial charge in [-0.25, -0.2) is 13.8 Å². The normalized spacial score (nSPS) is 11.0. The molecule has 0 spiro atoms. The number of aromatic nitrogens is 2. The Morgan fingerprint density at radius 2 is 1.93 bits per heavy atom. The molecule has 4 nitrogen and oxygen atoms in total. The van der Waals surface area contributed by atoms with Crippen molar-refractivity contribution in [3.05, 3.63) is 88.2 Å². The molecule has 4 aromatic rings. The monoisotopic (exact) mass is 459 g/mol. The molecule has 0 atom stereocenters. The zero-order valence-corrected chi connectivity index (χ0v) is 16.7. The third kappa shape index (κ3) is 3.79. The second kappa shape index (κ2) is 7.73. The van der Waals surface area contributed by atoms with Crippen molar-refractivity contribution in [3.8, 4) is 0 Å². The van der Waals surface area contributed by atoms with E-state index in [1.54, 1.807) is 18.3 Å². The largest absolute Gasteiger partial charge is 0.278 e. The molecule has 2 aromatic carbocycles. The van der Waals surface area contributed by atoms with E-state index in [9.17, 15) is 13.6 Å². The fraction of sp³-hybridized carbons (Fsp3) is 0.0500. The number of nitrogens with zero attached hydrogens (tertiary/aromatic N) is 3. The standard InChI is InChI=1S/C20H12BrF2N3OS/c21-13-5-7-17-18(10-13)28-20(25-17)26(11-14-3-1-2-8-24-14)19(27)12-4-6-15(22)16(23)9-12/h1-10H,11H2. The molecule has 140 valence electrons. The van der Waals surface area contributed by atoms with E-state index >= 15 is 0 Å². The Hall–Kier alpha value is -2.71. The Balaban J connectivity index is 1.78. The summed E-state index contributed by atoms with van der Waals surface area (Å²) in [5.74, 6) is -2.56. The van der Waals surface area contributed by atoms with Crippen LogP contribution in [-0.2, 0) is 6.54 Å². The highest BCUT2D eigenvalue weighted by Gasteiger charge is 2.23. The number of carbonyl (C=O) groups is 1. The van der Waals surface area contributed by atoms with Gasteiger partial charge in [-0.2, -0.15) is 0 Å². The smallest absolute Gasteiger partial charge is 0.260 e. The number of hydrogen-bond acceptors (Lipinski definition) is 4. The number of pyridine rings is 1. The Labute approximate surface area is 171 Å². The molecule has 4 rings (SSSR count). The SMILES string of the molecule is O=C(c1ccc(F)c(F)c1)N(Cc1ccccn1)c1nc2ccc(Br)cc2s1. The van der Waals surface area contributed by atoms with E-state index in [0.717, 1.165) is 26.8 Å². The fourth-order valence-electron chi connectivity index (χ4n) is 2.67. The lowest BCUT2D eigenvalue weighted by molar-refractivity contribution is 0.0984. The third-order valence-corrected chi connectivity index (χ3v) is 5.56. The van der Waals surface area contributed by atoms with Gasteiger partial charge in [-0.05, 0) is 48.5 Å². The molecule has 0 aliphatic heterocycles. The fourth-order valence-corrected chi connectivity index (χ4v) is 4.18. The number of thiazole rings is 1. The van der Waals surface area contributed by atoms with Gasteiger partial charge in [0, 0.05) is 16.2 Å². The van der Waals surface area contributed by atoms with Crippen molar-refractivity contribution in [3.63, 3.8) is 0 Å². The van der Waals surface area contributed by atoms with Crippen LogP contribution in [-0.4, -0.2) is 15.9 Å². The summed E-state index contributed by atoms with van der Waals surface area (Å²) in [6, 6.07) is 14.1. The van der Waals surface area contributed by atoms with Gasteiger partial charge in [0.2, 0.25) is 0 Å². The minimum atomic E-state index is -1.07. The quantitative estimate of drug-likeness (QED) is 0.400. The van der Waals surface area contributed by atoms with E-state index in [0.29, 0.717) is 10.8 Å². The summed E-state index contributed by atoms with van der Waals surface area (Å²) in [6.07, 6.45) is 1.63. The summed E-state index contributed by atoms with van der Waals surface area (Å²) in [6.45, 7) is 0.152. The summed E-state index contributed by atoms with van der Waals surface area (Å²) in [5.41, 5.74) is 1.43. The predicted molar refractivity (Wildman–Crippen MR) is 108 cm³/mol. The highest BCUT2D eigenvalue weighted by atomic mass is 79.9. The summed E-state index contributed by atoms with van der Waals surface area (Å²) >= 11 is 4.76. The molecule has 2 heterocycles. The maximum absolute atomic E-state index is 13.7. The van der Waals surface area contributed by atoms with Gasteiger partial charge in [-0.1, -0.05) is 33.3 Å². The van der Waals surface area contributed by atoms with Crippen molar-refractivity contribution in [1.29, 1.82) is 0 Å². The van der Waals surface area contributed by atoms with E-state index in [1.165, 1.54) is 22.3 Å². The van der Waals surface area contributed by atoms with Crippen LogP contribution in [0, 0.1) is 11.6 Å². The summed E-state index contributed by atoms with van der Waals surface area (Å²) in [5, 5.41) is 0.452. The Kier molecular flexibility index (Phi) is 5.15. The number of benzene rings is 2. The van der Waals surface area contributed by atoms with Crippen LogP contribution >= 0.6 is 27.3 Å². The maximum atomic E-state index is 13.7. The summed E-state index contributed by atoms with van der Waals surface area (Å²) < 4.78 is 28.8. The van der Waals surface area contributed by atoms with Gasteiger partial charge in [0.1, 0.15) is 0 Å². The Bertz CT molecular complexity index is 1170. The van der Waals surface area contributed by atoms with Gasteiger partial charge >= 0.3 is 0 Å². The van der Waals surface area contributed by atoms with E-state index in [2.05, 4.69) is 25.9 Å². The number of carbonyl (C=O) groups excluding carboxylic acids is 1. The number of fused-ring (bicyclic) bond motifs is 1. The molecule has 28 heavy (non-hydrogen) atoms. The van der Waals surface area contributed by atoms with Crippen LogP contribution in [0.5, 0.6) is 0 Å². The molecule has 0 bridgehead atoms. The summed E-state index contributed by atoms with van der Waals surface area (Å²) in [7, 11) is 0. The van der Waals surface area contributed by atoms with Crippen LogP contribution in [0.3, 0.4) is 0 Å². The van der Waals surface area contributed by atoms with Gasteiger partial charge in [0.15, 0.2) is 16.8 Å². The molecule has 0 saturated carbocycles. The van der Waals surface area contributed by atoms with Crippen molar-refractivity contribution < 1.29 is 13.6 Å². The first kappa shape index (κ1) is 18.6. The molecule has 0 radical (unpaired) electrons. The third-order valence-electron chi connectivity index (χ3n) is 4.03. The molecule has 0 aliphatic carbocycles. The van der Waals surface area contributed by atoms with Crippen molar-refractivity contribution in [2.24, 2.45) is 0 Å². The zero-order valence-electron chi connectivity index (χ0n) is 14.3. The average molecular weight is 460 g/mol. The molecule has 0 fully saturated rings. The molecular formula is C20H12BrF2N3OS. The minimum Gasteiger partial charge on any atom is -0.278 e. The Morgan fingerprint density at radius 3 is 2.68 bits per heavy atom. The second-order valence-corrected chi connectivity index (χ2v) is 7.87. The number of hydrogen-bond donors (Lipinski definition) is 0. The van der Waals surface area contributed by atoms with Crippen LogP contribution in [0.25, 0.3) is 10.2 Å². The molecule has 0 saturated heterocycles. The van der Waals surface area contributed by atoms with Crippen LogP contribution in [0.4, 0.5) is 13.9 Å². The van der Waals surface area contributed by atoms with Crippen LogP contribution in [0.1, 0.15) is 16.1 Å². The first-order valence-electron chi connectivity index (χ1n) is 8.24. The van der Waals surface area contributed by atoms with E-state index in [1.807, 2.05) is 24.3 Å². The van der Waals surface area contributed by atoms with Crippen LogP contribution in [0.15, 0.2) is 65.3 Å². The highest BCUT2D eigenvalue weighted by Crippen LogP contribution is 2.32. The first-order valence-corrected chi connectivity index (χ1v) is 9.85. The number of anilines is 1. The molecule has 0 unspecified atom stereocenters. The van der Waals surface area contributed by atoms with E-state index < -0.39 is 17.5 Å². The number of amides is 1. The van der Waals surface area contributed by atoms with Crippen LogP contribution in [0.2, 0.25) is 0 Å². The molecule has 0 aliphatic rings.